The van der Waals surface area contributed by atoms with Crippen LogP contribution in [-0.2, 0) is 25.7 Å². The van der Waals surface area contributed by atoms with E-state index in [1.807, 2.05) is 58.0 Å². The summed E-state index contributed by atoms with van der Waals surface area (Å²) in [4.78, 5) is 42.7. The number of fused-ring (bicyclic) bond motifs is 1. The molecule has 0 saturated carbocycles. The third-order valence-electron chi connectivity index (χ3n) is 8.50. The summed E-state index contributed by atoms with van der Waals surface area (Å²) in [5.41, 5.74) is -0.966. The Hall–Kier alpha value is -2.45. The smallest absolute Gasteiger partial charge is 0.245 e. The second-order valence-electron chi connectivity index (χ2n) is 10.5. The van der Waals surface area contributed by atoms with E-state index in [0.29, 0.717) is 25.9 Å². The molecule has 3 amide bonds. The molecule has 3 saturated heterocycles. The standard InChI is InChI=1S/C27H39N3O5/c1-5-7-13-28-24(33)22-27-14-17(3)26(4,35-27)20(21(27)25(34)30(22)19(6-2)16-31)23(32)29-15-18-11-9-8-10-12-18/h8-12,17,19-22,31H,5-7,13-16H2,1-4H3,(H,28,33)(H,29,32)/t17?,19-,20+,21-,22?,26-,27?/m0/s1. The molecule has 2 bridgehead atoms. The van der Waals surface area contributed by atoms with E-state index in [0.717, 1.165) is 18.4 Å². The van der Waals surface area contributed by atoms with Gasteiger partial charge in [-0.25, -0.2) is 0 Å². The molecule has 0 radical (unpaired) electrons. The van der Waals surface area contributed by atoms with Crippen molar-refractivity contribution in [2.75, 3.05) is 13.2 Å². The maximum Gasteiger partial charge on any atom is 0.245 e. The number of carbonyl (C=O) groups is 3. The van der Waals surface area contributed by atoms with Gasteiger partial charge in [0, 0.05) is 13.1 Å². The van der Waals surface area contributed by atoms with Crippen molar-refractivity contribution in [1.29, 1.82) is 0 Å². The summed E-state index contributed by atoms with van der Waals surface area (Å²) in [6.45, 7) is 8.50. The maximum absolute atomic E-state index is 14.0. The van der Waals surface area contributed by atoms with Crippen LogP contribution in [0.4, 0.5) is 0 Å². The molecule has 7 atom stereocenters. The zero-order chi connectivity index (χ0) is 25.4. The number of amides is 3. The molecule has 1 aromatic rings. The van der Waals surface area contributed by atoms with Crippen molar-refractivity contribution in [1.82, 2.24) is 15.5 Å². The molecule has 8 nitrogen and oxygen atoms in total. The summed E-state index contributed by atoms with van der Waals surface area (Å²) >= 11 is 0. The van der Waals surface area contributed by atoms with Crippen LogP contribution in [-0.4, -0.2) is 64.2 Å². The number of aliphatic hydroxyl groups is 1. The summed E-state index contributed by atoms with van der Waals surface area (Å²) in [6, 6.07) is 8.25. The van der Waals surface area contributed by atoms with E-state index in [-0.39, 0.29) is 30.2 Å². The van der Waals surface area contributed by atoms with Crippen molar-refractivity contribution in [2.45, 2.75) is 83.2 Å². The number of hydrogen-bond donors (Lipinski definition) is 3. The Labute approximate surface area is 207 Å². The number of hydrogen-bond acceptors (Lipinski definition) is 5. The molecule has 3 aliphatic rings. The Morgan fingerprint density at radius 2 is 1.91 bits per heavy atom. The van der Waals surface area contributed by atoms with Gasteiger partial charge in [-0.2, -0.15) is 0 Å². The molecule has 8 heteroatoms. The molecule has 3 unspecified atom stereocenters. The van der Waals surface area contributed by atoms with Gasteiger partial charge in [-0.15, -0.1) is 0 Å². The lowest BCUT2D eigenvalue weighted by Gasteiger charge is -2.36. The van der Waals surface area contributed by atoms with Gasteiger partial charge in [0.1, 0.15) is 11.6 Å². The van der Waals surface area contributed by atoms with Crippen molar-refractivity contribution in [2.24, 2.45) is 17.8 Å². The van der Waals surface area contributed by atoms with Crippen LogP contribution < -0.4 is 10.6 Å². The fourth-order valence-electron chi connectivity index (χ4n) is 6.56. The minimum Gasteiger partial charge on any atom is -0.394 e. The molecule has 3 heterocycles. The van der Waals surface area contributed by atoms with Gasteiger partial charge in [-0.3, -0.25) is 14.4 Å². The highest BCUT2D eigenvalue weighted by Crippen LogP contribution is 2.65. The number of rotatable bonds is 10. The van der Waals surface area contributed by atoms with E-state index < -0.39 is 35.1 Å². The average Bonchev–Trinajstić information content (AvgIpc) is 3.36. The van der Waals surface area contributed by atoms with Crippen LogP contribution in [0.1, 0.15) is 58.9 Å². The maximum atomic E-state index is 14.0. The summed E-state index contributed by atoms with van der Waals surface area (Å²) in [7, 11) is 0. The van der Waals surface area contributed by atoms with E-state index in [4.69, 9.17) is 4.74 Å². The van der Waals surface area contributed by atoms with Crippen LogP contribution in [0, 0.1) is 17.8 Å². The zero-order valence-electron chi connectivity index (χ0n) is 21.3. The third kappa shape index (κ3) is 4.04. The van der Waals surface area contributed by atoms with E-state index in [1.165, 1.54) is 4.90 Å². The first kappa shape index (κ1) is 25.6. The Kier molecular flexibility index (Phi) is 7.25. The fraction of sp³-hybridized carbons (Fsp3) is 0.667. The van der Waals surface area contributed by atoms with Crippen molar-refractivity contribution < 1.29 is 24.2 Å². The topological polar surface area (TPSA) is 108 Å². The Morgan fingerprint density at radius 3 is 2.54 bits per heavy atom. The van der Waals surface area contributed by atoms with Crippen LogP contribution in [0.2, 0.25) is 0 Å². The van der Waals surface area contributed by atoms with Gasteiger partial charge in [0.2, 0.25) is 17.7 Å². The van der Waals surface area contributed by atoms with Crippen LogP contribution in [0.25, 0.3) is 0 Å². The van der Waals surface area contributed by atoms with Gasteiger partial charge in [0.15, 0.2) is 0 Å². The predicted octanol–water partition coefficient (Wildman–Crippen LogP) is 2.00. The highest BCUT2D eigenvalue weighted by atomic mass is 16.5. The molecule has 4 rings (SSSR count). The molecule has 0 aliphatic carbocycles. The minimum atomic E-state index is -1.08. The van der Waals surface area contributed by atoms with Gasteiger partial charge in [-0.1, -0.05) is 57.5 Å². The van der Waals surface area contributed by atoms with E-state index in [1.54, 1.807) is 0 Å². The molecular weight excluding hydrogens is 446 g/mol. The minimum absolute atomic E-state index is 0.0147. The number of nitrogens with zero attached hydrogens (tertiary/aromatic N) is 1. The molecule has 3 aliphatic heterocycles. The van der Waals surface area contributed by atoms with Gasteiger partial charge < -0.3 is 25.4 Å². The molecule has 3 fully saturated rings. The Bertz CT molecular complexity index is 951. The lowest BCUT2D eigenvalue weighted by Crippen LogP contribution is -2.58. The van der Waals surface area contributed by atoms with Crippen molar-refractivity contribution in [3.8, 4) is 0 Å². The number of aliphatic hydroxyl groups excluding tert-OH is 1. The van der Waals surface area contributed by atoms with Crippen LogP contribution in [0.3, 0.4) is 0 Å². The van der Waals surface area contributed by atoms with Crippen molar-refractivity contribution in [3.63, 3.8) is 0 Å². The molecule has 1 aromatic carbocycles. The first-order chi connectivity index (χ1) is 16.7. The van der Waals surface area contributed by atoms with Crippen LogP contribution >= 0.6 is 0 Å². The van der Waals surface area contributed by atoms with E-state index >= 15 is 0 Å². The van der Waals surface area contributed by atoms with Crippen molar-refractivity contribution in [3.05, 3.63) is 35.9 Å². The van der Waals surface area contributed by atoms with Crippen molar-refractivity contribution >= 4 is 17.7 Å². The number of nitrogens with one attached hydrogen (secondary N) is 2. The number of carbonyl (C=O) groups excluding carboxylic acids is 3. The number of likely N-dealkylation sites (tertiary alicyclic amines) is 1. The van der Waals surface area contributed by atoms with E-state index in [2.05, 4.69) is 10.6 Å². The largest absolute Gasteiger partial charge is 0.394 e. The molecule has 192 valence electrons. The molecule has 3 N–H and O–H groups in total. The molecular formula is C27H39N3O5. The molecule has 0 aromatic heterocycles. The number of ether oxygens (including phenoxy) is 1. The summed E-state index contributed by atoms with van der Waals surface area (Å²) in [5, 5.41) is 16.1. The number of unbranched alkanes of at least 4 members (excludes halogenated alkanes) is 1. The molecule has 35 heavy (non-hydrogen) atoms. The SMILES string of the molecule is CCCCNC(=O)C1N([C@@H](CC)CO)C(=O)[C@@H]2[C@H](C(=O)NCc3ccccc3)[C@@]3(C)OC12CC3C. The number of benzene rings is 1. The quantitative estimate of drug-likeness (QED) is 0.440. The summed E-state index contributed by atoms with van der Waals surface area (Å²) in [6.07, 6.45) is 2.79. The second-order valence-corrected chi connectivity index (χ2v) is 10.5. The van der Waals surface area contributed by atoms with Gasteiger partial charge >= 0.3 is 0 Å². The lowest BCUT2D eigenvalue weighted by atomic mass is 9.62. The fourth-order valence-corrected chi connectivity index (χ4v) is 6.56. The third-order valence-corrected chi connectivity index (χ3v) is 8.50. The van der Waals surface area contributed by atoms with Crippen LogP contribution in [0.5, 0.6) is 0 Å². The zero-order valence-corrected chi connectivity index (χ0v) is 21.3. The monoisotopic (exact) mass is 485 g/mol. The van der Waals surface area contributed by atoms with Gasteiger partial charge in [0.25, 0.3) is 0 Å². The Morgan fingerprint density at radius 1 is 1.20 bits per heavy atom. The normalized spacial score (nSPS) is 34.1. The highest BCUT2D eigenvalue weighted by molar-refractivity contribution is 5.99. The van der Waals surface area contributed by atoms with E-state index in [9.17, 15) is 19.5 Å². The first-order valence-electron chi connectivity index (χ1n) is 13.0. The second kappa shape index (κ2) is 9.90. The lowest BCUT2D eigenvalue weighted by molar-refractivity contribution is -0.151. The average molecular weight is 486 g/mol. The summed E-state index contributed by atoms with van der Waals surface area (Å²) < 4.78 is 6.68. The highest BCUT2D eigenvalue weighted by Gasteiger charge is 2.80. The predicted molar refractivity (Wildman–Crippen MR) is 131 cm³/mol. The summed E-state index contributed by atoms with van der Waals surface area (Å²) in [5.74, 6) is -2.25. The Balaban J connectivity index is 1.69. The van der Waals surface area contributed by atoms with Crippen LogP contribution in [0.15, 0.2) is 30.3 Å². The molecule has 1 spiro atoms. The van der Waals surface area contributed by atoms with Gasteiger partial charge in [0.05, 0.1) is 30.1 Å². The first-order valence-corrected chi connectivity index (χ1v) is 13.0. The van der Waals surface area contributed by atoms with Gasteiger partial charge in [-0.05, 0) is 37.7 Å².